The average molecular weight is 232 g/mol. The summed E-state index contributed by atoms with van der Waals surface area (Å²) in [5, 5.41) is 0. The van der Waals surface area contributed by atoms with Crippen LogP contribution in [0.3, 0.4) is 0 Å². The van der Waals surface area contributed by atoms with Crippen LogP contribution < -0.4 is 0 Å². The maximum Gasteiger partial charge on any atom is 0.338 e. The summed E-state index contributed by atoms with van der Waals surface area (Å²) in [6, 6.07) is 3.46. The molecule has 0 atom stereocenters. The smallest absolute Gasteiger partial charge is 0.338 e. The fourth-order valence-corrected chi connectivity index (χ4v) is 2.50. The van der Waals surface area contributed by atoms with Gasteiger partial charge in [-0.25, -0.2) is 4.79 Å². The van der Waals surface area contributed by atoms with Crippen LogP contribution in [-0.4, -0.2) is 18.9 Å². The summed E-state index contributed by atoms with van der Waals surface area (Å²) in [7, 11) is 1.39. The molecule has 3 heteroatoms. The number of ketones is 1. The Hall–Kier alpha value is -1.64. The molecule has 1 aromatic carbocycles. The molecule has 0 fully saturated rings. The molecule has 3 nitrogen and oxygen atoms in total. The van der Waals surface area contributed by atoms with E-state index < -0.39 is 0 Å². The van der Waals surface area contributed by atoms with Crippen LogP contribution in [0.25, 0.3) is 0 Å². The molecular formula is C14H16O3. The number of esters is 1. The van der Waals surface area contributed by atoms with E-state index in [9.17, 15) is 9.59 Å². The van der Waals surface area contributed by atoms with E-state index in [1.54, 1.807) is 19.1 Å². The standard InChI is InChI=1S/C14H16O3/c1-9(15)10-7-8-13(14(16)17-2)12-6-4-3-5-11(10)12/h7-8H,3-6H2,1-2H3. The van der Waals surface area contributed by atoms with Gasteiger partial charge in [0.2, 0.25) is 0 Å². The summed E-state index contributed by atoms with van der Waals surface area (Å²) < 4.78 is 4.78. The zero-order chi connectivity index (χ0) is 12.4. The number of carbonyl (C=O) groups excluding carboxylic acids is 2. The molecule has 0 N–H and O–H groups in total. The van der Waals surface area contributed by atoms with Gasteiger partial charge in [0.05, 0.1) is 12.7 Å². The lowest BCUT2D eigenvalue weighted by molar-refractivity contribution is 0.0598. The molecule has 1 aliphatic rings. The van der Waals surface area contributed by atoms with Crippen molar-refractivity contribution < 1.29 is 14.3 Å². The Morgan fingerprint density at radius 2 is 1.59 bits per heavy atom. The first kappa shape index (κ1) is 11.8. The molecular weight excluding hydrogens is 216 g/mol. The number of Topliss-reactive ketones (excluding diaryl/α,β-unsaturated/α-hetero) is 1. The van der Waals surface area contributed by atoms with Crippen molar-refractivity contribution in [3.63, 3.8) is 0 Å². The van der Waals surface area contributed by atoms with Crippen molar-refractivity contribution in [2.45, 2.75) is 32.6 Å². The minimum atomic E-state index is -0.307. The van der Waals surface area contributed by atoms with Crippen molar-refractivity contribution in [1.82, 2.24) is 0 Å². The molecule has 0 heterocycles. The Morgan fingerprint density at radius 3 is 2.12 bits per heavy atom. The normalized spacial score (nSPS) is 14.0. The van der Waals surface area contributed by atoms with E-state index in [4.69, 9.17) is 4.74 Å². The maximum absolute atomic E-state index is 11.7. The van der Waals surface area contributed by atoms with Crippen LogP contribution in [0.5, 0.6) is 0 Å². The minimum Gasteiger partial charge on any atom is -0.465 e. The van der Waals surface area contributed by atoms with Gasteiger partial charge in [0, 0.05) is 5.56 Å². The topological polar surface area (TPSA) is 43.4 Å². The number of benzene rings is 1. The van der Waals surface area contributed by atoms with Gasteiger partial charge in [-0.15, -0.1) is 0 Å². The van der Waals surface area contributed by atoms with Crippen molar-refractivity contribution in [2.24, 2.45) is 0 Å². The number of hydrogen-bond donors (Lipinski definition) is 0. The molecule has 1 aliphatic carbocycles. The molecule has 0 amide bonds. The van der Waals surface area contributed by atoms with Crippen LogP contribution in [0, 0.1) is 0 Å². The van der Waals surface area contributed by atoms with Crippen molar-refractivity contribution in [3.8, 4) is 0 Å². The molecule has 0 aliphatic heterocycles. The number of rotatable bonds is 2. The summed E-state index contributed by atoms with van der Waals surface area (Å²) >= 11 is 0. The van der Waals surface area contributed by atoms with Gasteiger partial charge in [-0.3, -0.25) is 4.79 Å². The third-order valence-corrected chi connectivity index (χ3v) is 3.32. The summed E-state index contributed by atoms with van der Waals surface area (Å²) in [4.78, 5) is 23.2. The quantitative estimate of drug-likeness (QED) is 0.581. The van der Waals surface area contributed by atoms with E-state index in [1.807, 2.05) is 0 Å². The van der Waals surface area contributed by atoms with E-state index in [1.165, 1.54) is 7.11 Å². The molecule has 90 valence electrons. The Balaban J connectivity index is 2.58. The van der Waals surface area contributed by atoms with Gasteiger partial charge >= 0.3 is 5.97 Å². The number of fused-ring (bicyclic) bond motifs is 1. The number of methoxy groups -OCH3 is 1. The summed E-state index contributed by atoms with van der Waals surface area (Å²) in [6.45, 7) is 1.57. The van der Waals surface area contributed by atoms with Crippen LogP contribution >= 0.6 is 0 Å². The highest BCUT2D eigenvalue weighted by Gasteiger charge is 2.22. The zero-order valence-electron chi connectivity index (χ0n) is 10.2. The van der Waals surface area contributed by atoms with Gasteiger partial charge in [0.15, 0.2) is 5.78 Å². The Morgan fingerprint density at radius 1 is 1.06 bits per heavy atom. The molecule has 0 spiro atoms. The Labute approximate surface area is 101 Å². The van der Waals surface area contributed by atoms with Gasteiger partial charge in [-0.1, -0.05) is 6.07 Å². The second-order valence-corrected chi connectivity index (χ2v) is 4.37. The molecule has 0 unspecified atom stereocenters. The highest BCUT2D eigenvalue weighted by Crippen LogP contribution is 2.28. The largest absolute Gasteiger partial charge is 0.465 e. The second-order valence-electron chi connectivity index (χ2n) is 4.37. The minimum absolute atomic E-state index is 0.0690. The molecule has 0 aromatic heterocycles. The molecule has 0 saturated carbocycles. The van der Waals surface area contributed by atoms with Gasteiger partial charge in [-0.2, -0.15) is 0 Å². The molecule has 0 bridgehead atoms. The van der Waals surface area contributed by atoms with Crippen LogP contribution in [-0.2, 0) is 17.6 Å². The summed E-state index contributed by atoms with van der Waals surface area (Å²) in [5.41, 5.74) is 3.43. The molecule has 17 heavy (non-hydrogen) atoms. The van der Waals surface area contributed by atoms with Crippen LogP contribution in [0.2, 0.25) is 0 Å². The fourth-order valence-electron chi connectivity index (χ4n) is 2.50. The fraction of sp³-hybridized carbons (Fsp3) is 0.429. The lowest BCUT2D eigenvalue weighted by Crippen LogP contribution is -2.15. The van der Waals surface area contributed by atoms with Gasteiger partial charge in [0.1, 0.15) is 0 Å². The Bertz CT molecular complexity index is 475. The zero-order valence-corrected chi connectivity index (χ0v) is 10.2. The van der Waals surface area contributed by atoms with Crippen LogP contribution in [0.15, 0.2) is 12.1 Å². The number of carbonyl (C=O) groups is 2. The monoisotopic (exact) mass is 232 g/mol. The highest BCUT2D eigenvalue weighted by molar-refractivity contribution is 5.99. The first-order chi connectivity index (χ1) is 8.15. The molecule has 2 rings (SSSR count). The van der Waals surface area contributed by atoms with Gasteiger partial charge < -0.3 is 4.74 Å². The van der Waals surface area contributed by atoms with Crippen LogP contribution in [0.1, 0.15) is 51.6 Å². The molecule has 1 aromatic rings. The predicted octanol–water partition coefficient (Wildman–Crippen LogP) is 2.55. The third-order valence-electron chi connectivity index (χ3n) is 3.32. The van der Waals surface area contributed by atoms with Gasteiger partial charge in [0.25, 0.3) is 0 Å². The maximum atomic E-state index is 11.7. The average Bonchev–Trinajstić information content (AvgIpc) is 2.36. The number of ether oxygens (including phenoxy) is 1. The van der Waals surface area contributed by atoms with E-state index >= 15 is 0 Å². The summed E-state index contributed by atoms with van der Waals surface area (Å²) in [6.07, 6.45) is 3.90. The Kier molecular flexibility index (Phi) is 3.27. The van der Waals surface area contributed by atoms with Crippen molar-refractivity contribution in [2.75, 3.05) is 7.11 Å². The summed E-state index contributed by atoms with van der Waals surface area (Å²) in [5.74, 6) is -0.238. The lowest BCUT2D eigenvalue weighted by atomic mass is 9.84. The van der Waals surface area contributed by atoms with E-state index in [0.29, 0.717) is 5.56 Å². The predicted molar refractivity (Wildman–Crippen MR) is 64.4 cm³/mol. The lowest BCUT2D eigenvalue weighted by Gasteiger charge is -2.20. The molecule has 0 radical (unpaired) electrons. The van der Waals surface area contributed by atoms with Crippen molar-refractivity contribution in [3.05, 3.63) is 34.4 Å². The molecule has 0 saturated heterocycles. The van der Waals surface area contributed by atoms with E-state index in [0.717, 1.165) is 42.4 Å². The van der Waals surface area contributed by atoms with E-state index in [2.05, 4.69) is 0 Å². The second kappa shape index (κ2) is 4.70. The van der Waals surface area contributed by atoms with Crippen molar-refractivity contribution in [1.29, 1.82) is 0 Å². The number of hydrogen-bond acceptors (Lipinski definition) is 3. The van der Waals surface area contributed by atoms with Crippen molar-refractivity contribution >= 4 is 11.8 Å². The highest BCUT2D eigenvalue weighted by atomic mass is 16.5. The third kappa shape index (κ3) is 2.09. The van der Waals surface area contributed by atoms with E-state index in [-0.39, 0.29) is 11.8 Å². The van der Waals surface area contributed by atoms with Gasteiger partial charge in [-0.05, 0) is 49.8 Å². The first-order valence-electron chi connectivity index (χ1n) is 5.89. The first-order valence-corrected chi connectivity index (χ1v) is 5.89. The SMILES string of the molecule is COC(=O)c1ccc(C(C)=O)c2c1CCCC2. The van der Waals surface area contributed by atoms with Crippen LogP contribution in [0.4, 0.5) is 0 Å².